The molecule has 4 heteroatoms. The highest BCUT2D eigenvalue weighted by atomic mass is 16.5. The first-order valence-electron chi connectivity index (χ1n) is 7.85. The summed E-state index contributed by atoms with van der Waals surface area (Å²) in [5, 5.41) is 4.25. The molecule has 106 valence electrons. The second-order valence-electron chi connectivity index (χ2n) is 6.40. The normalized spacial score (nSPS) is 35.7. The molecule has 4 atom stereocenters. The number of aromatic nitrogens is 2. The molecular weight excluding hydrogens is 238 g/mol. The number of nitrogens with zero attached hydrogens (tertiary/aromatic N) is 2. The van der Waals surface area contributed by atoms with Crippen molar-refractivity contribution in [3.63, 3.8) is 0 Å². The predicted octanol–water partition coefficient (Wildman–Crippen LogP) is 3.35. The number of hydrogen-bond acceptors (Lipinski definition) is 4. The molecule has 4 unspecified atom stereocenters. The van der Waals surface area contributed by atoms with Crippen LogP contribution in [-0.4, -0.2) is 16.2 Å². The van der Waals surface area contributed by atoms with Gasteiger partial charge in [0, 0.05) is 17.9 Å². The van der Waals surface area contributed by atoms with Crippen LogP contribution in [0.5, 0.6) is 0 Å². The van der Waals surface area contributed by atoms with E-state index < -0.39 is 0 Å². The zero-order chi connectivity index (χ0) is 13.2. The SMILES string of the molecule is CCC1CCCC(c2noc(C3CCC(N)C3)n2)C1. The molecule has 0 bridgehead atoms. The third-order valence-electron chi connectivity index (χ3n) is 5.01. The van der Waals surface area contributed by atoms with Gasteiger partial charge in [-0.1, -0.05) is 31.3 Å². The molecule has 0 aliphatic heterocycles. The predicted molar refractivity (Wildman–Crippen MR) is 73.9 cm³/mol. The highest BCUT2D eigenvalue weighted by molar-refractivity contribution is 5.03. The molecule has 19 heavy (non-hydrogen) atoms. The average Bonchev–Trinajstić information content (AvgIpc) is 3.07. The third kappa shape index (κ3) is 2.83. The van der Waals surface area contributed by atoms with Crippen molar-refractivity contribution in [2.75, 3.05) is 0 Å². The Kier molecular flexibility index (Phi) is 3.87. The van der Waals surface area contributed by atoms with Gasteiger partial charge >= 0.3 is 0 Å². The maximum Gasteiger partial charge on any atom is 0.229 e. The fraction of sp³-hybridized carbons (Fsp3) is 0.867. The summed E-state index contributed by atoms with van der Waals surface area (Å²) in [6.07, 6.45) is 9.60. The van der Waals surface area contributed by atoms with Gasteiger partial charge in [0.15, 0.2) is 5.82 Å². The largest absolute Gasteiger partial charge is 0.339 e. The Morgan fingerprint density at radius 1 is 1.16 bits per heavy atom. The van der Waals surface area contributed by atoms with E-state index >= 15 is 0 Å². The second-order valence-corrected chi connectivity index (χ2v) is 6.40. The molecule has 0 saturated heterocycles. The topological polar surface area (TPSA) is 64.9 Å². The Balaban J connectivity index is 1.67. The van der Waals surface area contributed by atoms with E-state index in [9.17, 15) is 0 Å². The molecule has 4 nitrogen and oxygen atoms in total. The Morgan fingerprint density at radius 3 is 2.79 bits per heavy atom. The van der Waals surface area contributed by atoms with E-state index in [0.29, 0.717) is 17.9 Å². The zero-order valence-corrected chi connectivity index (χ0v) is 11.8. The Morgan fingerprint density at radius 2 is 2.05 bits per heavy atom. The van der Waals surface area contributed by atoms with E-state index in [4.69, 9.17) is 10.3 Å². The summed E-state index contributed by atoms with van der Waals surface area (Å²) in [6.45, 7) is 2.29. The minimum absolute atomic E-state index is 0.319. The van der Waals surface area contributed by atoms with Crippen LogP contribution in [0.2, 0.25) is 0 Å². The maximum atomic E-state index is 5.96. The standard InChI is InChI=1S/C15H25N3O/c1-2-10-4-3-5-11(8-10)14-17-15(19-18-14)12-6-7-13(16)9-12/h10-13H,2-9,16H2,1H3. The maximum absolute atomic E-state index is 5.96. The highest BCUT2D eigenvalue weighted by Gasteiger charge is 2.30. The van der Waals surface area contributed by atoms with Gasteiger partial charge in [-0.2, -0.15) is 4.98 Å². The molecule has 0 radical (unpaired) electrons. The second kappa shape index (κ2) is 5.61. The van der Waals surface area contributed by atoms with Crippen LogP contribution in [-0.2, 0) is 0 Å². The number of nitrogens with two attached hydrogens (primary N) is 1. The molecular formula is C15H25N3O. The quantitative estimate of drug-likeness (QED) is 0.908. The molecule has 1 heterocycles. The average molecular weight is 263 g/mol. The fourth-order valence-electron chi connectivity index (χ4n) is 3.72. The lowest BCUT2D eigenvalue weighted by Gasteiger charge is -2.26. The lowest BCUT2D eigenvalue weighted by atomic mass is 9.80. The van der Waals surface area contributed by atoms with Crippen molar-refractivity contribution in [1.82, 2.24) is 10.1 Å². The first-order valence-corrected chi connectivity index (χ1v) is 7.85. The van der Waals surface area contributed by atoms with Gasteiger partial charge in [0.05, 0.1) is 0 Å². The molecule has 2 N–H and O–H groups in total. The van der Waals surface area contributed by atoms with Crippen LogP contribution in [0.1, 0.15) is 81.8 Å². The van der Waals surface area contributed by atoms with Crippen LogP contribution in [0.15, 0.2) is 4.52 Å². The van der Waals surface area contributed by atoms with Crippen LogP contribution >= 0.6 is 0 Å². The first-order chi connectivity index (χ1) is 9.26. The highest BCUT2D eigenvalue weighted by Crippen LogP contribution is 2.38. The van der Waals surface area contributed by atoms with Gasteiger partial charge in [0.2, 0.25) is 5.89 Å². The van der Waals surface area contributed by atoms with Crippen molar-refractivity contribution in [3.05, 3.63) is 11.7 Å². The summed E-state index contributed by atoms with van der Waals surface area (Å²) in [4.78, 5) is 4.69. The van der Waals surface area contributed by atoms with Crippen LogP contribution in [0.25, 0.3) is 0 Å². The van der Waals surface area contributed by atoms with Gasteiger partial charge in [-0.3, -0.25) is 0 Å². The van der Waals surface area contributed by atoms with Gasteiger partial charge in [0.1, 0.15) is 0 Å². The van der Waals surface area contributed by atoms with E-state index in [-0.39, 0.29) is 0 Å². The van der Waals surface area contributed by atoms with Crippen LogP contribution < -0.4 is 5.73 Å². The lowest BCUT2D eigenvalue weighted by Crippen LogP contribution is -2.15. The molecule has 3 rings (SSSR count). The van der Waals surface area contributed by atoms with Gasteiger partial charge in [-0.25, -0.2) is 0 Å². The molecule has 2 fully saturated rings. The molecule has 2 saturated carbocycles. The summed E-state index contributed by atoms with van der Waals surface area (Å²) >= 11 is 0. The smallest absolute Gasteiger partial charge is 0.229 e. The van der Waals surface area contributed by atoms with Crippen molar-refractivity contribution < 1.29 is 4.52 Å². The fourth-order valence-corrected chi connectivity index (χ4v) is 3.72. The lowest BCUT2D eigenvalue weighted by molar-refractivity contribution is 0.296. The summed E-state index contributed by atoms with van der Waals surface area (Å²) in [6, 6.07) is 0.319. The van der Waals surface area contributed by atoms with Gasteiger partial charge in [-0.05, 0) is 38.0 Å². The summed E-state index contributed by atoms with van der Waals surface area (Å²) in [7, 11) is 0. The molecule has 1 aromatic rings. The minimum atomic E-state index is 0.319. The molecule has 0 spiro atoms. The van der Waals surface area contributed by atoms with Crippen molar-refractivity contribution in [2.24, 2.45) is 11.7 Å². The van der Waals surface area contributed by atoms with Crippen molar-refractivity contribution >= 4 is 0 Å². The van der Waals surface area contributed by atoms with E-state index in [1.807, 2.05) is 0 Å². The Bertz CT molecular complexity index is 417. The number of rotatable bonds is 3. The number of hydrogen-bond donors (Lipinski definition) is 1. The summed E-state index contributed by atoms with van der Waals surface area (Å²) in [5.74, 6) is 3.56. The molecule has 0 amide bonds. The van der Waals surface area contributed by atoms with Gasteiger partial charge < -0.3 is 10.3 Å². The first kappa shape index (κ1) is 13.1. The monoisotopic (exact) mass is 263 g/mol. The molecule has 2 aliphatic carbocycles. The Hall–Kier alpha value is -0.900. The van der Waals surface area contributed by atoms with E-state index in [2.05, 4.69) is 17.1 Å². The van der Waals surface area contributed by atoms with E-state index in [0.717, 1.165) is 36.9 Å². The third-order valence-corrected chi connectivity index (χ3v) is 5.01. The van der Waals surface area contributed by atoms with Crippen LogP contribution in [0.3, 0.4) is 0 Å². The Labute approximate surface area is 115 Å². The zero-order valence-electron chi connectivity index (χ0n) is 11.8. The van der Waals surface area contributed by atoms with Crippen LogP contribution in [0.4, 0.5) is 0 Å². The van der Waals surface area contributed by atoms with Crippen molar-refractivity contribution in [2.45, 2.75) is 76.2 Å². The summed E-state index contributed by atoms with van der Waals surface area (Å²) in [5.41, 5.74) is 5.96. The molecule has 2 aliphatic rings. The van der Waals surface area contributed by atoms with Crippen molar-refractivity contribution in [1.29, 1.82) is 0 Å². The van der Waals surface area contributed by atoms with Gasteiger partial charge in [0.25, 0.3) is 0 Å². The summed E-state index contributed by atoms with van der Waals surface area (Å²) < 4.78 is 5.50. The van der Waals surface area contributed by atoms with E-state index in [1.165, 1.54) is 32.1 Å². The van der Waals surface area contributed by atoms with Crippen LogP contribution in [0, 0.1) is 5.92 Å². The molecule has 0 aromatic carbocycles. The van der Waals surface area contributed by atoms with E-state index in [1.54, 1.807) is 0 Å². The molecule has 1 aromatic heterocycles. The van der Waals surface area contributed by atoms with Crippen molar-refractivity contribution in [3.8, 4) is 0 Å². The minimum Gasteiger partial charge on any atom is -0.339 e. The van der Waals surface area contributed by atoms with Gasteiger partial charge in [-0.15, -0.1) is 0 Å².